The summed E-state index contributed by atoms with van der Waals surface area (Å²) in [7, 11) is 0. The smallest absolute Gasteiger partial charge is 0.139 e. The first-order chi connectivity index (χ1) is 10.3. The van der Waals surface area contributed by atoms with Crippen LogP contribution in [0.2, 0.25) is 0 Å². The molecular weight excluding hydrogens is 266 g/mol. The first-order valence-corrected chi connectivity index (χ1v) is 7.70. The van der Waals surface area contributed by atoms with Crippen molar-refractivity contribution in [2.24, 2.45) is 0 Å². The number of ether oxygens (including phenoxy) is 1. The molecule has 6 nitrogen and oxygen atoms in total. The van der Waals surface area contributed by atoms with Crippen molar-refractivity contribution in [2.45, 2.75) is 52.0 Å². The molecule has 0 radical (unpaired) electrons. The van der Waals surface area contributed by atoms with E-state index in [1.54, 1.807) is 0 Å². The second-order valence-corrected chi connectivity index (χ2v) is 5.28. The molecule has 0 unspecified atom stereocenters. The normalized spacial score (nSPS) is 22.0. The lowest BCUT2D eigenvalue weighted by atomic mass is 10.1. The lowest BCUT2D eigenvalue weighted by Crippen LogP contribution is -2.33. The van der Waals surface area contributed by atoms with Crippen LogP contribution in [0.15, 0.2) is 24.7 Å². The van der Waals surface area contributed by atoms with E-state index in [-0.39, 0.29) is 6.10 Å². The highest BCUT2D eigenvalue weighted by Gasteiger charge is 2.32. The molecule has 1 fully saturated rings. The molecule has 2 aromatic rings. The van der Waals surface area contributed by atoms with Crippen LogP contribution in [0, 0.1) is 0 Å². The van der Waals surface area contributed by atoms with Crippen molar-refractivity contribution < 1.29 is 4.74 Å². The van der Waals surface area contributed by atoms with Crippen LogP contribution in [0.25, 0.3) is 0 Å². The Morgan fingerprint density at radius 2 is 2.24 bits per heavy atom. The van der Waals surface area contributed by atoms with Gasteiger partial charge in [0.25, 0.3) is 0 Å². The van der Waals surface area contributed by atoms with E-state index < -0.39 is 0 Å². The zero-order chi connectivity index (χ0) is 14.7. The lowest BCUT2D eigenvalue weighted by Gasteiger charge is -2.20. The number of aryl methyl sites for hydroxylation is 2. The lowest BCUT2D eigenvalue weighted by molar-refractivity contribution is 0.0884. The van der Waals surface area contributed by atoms with Crippen LogP contribution in [0.1, 0.15) is 37.9 Å². The minimum Gasteiger partial charge on any atom is -0.369 e. The van der Waals surface area contributed by atoms with Gasteiger partial charge in [0, 0.05) is 50.9 Å². The fourth-order valence-electron chi connectivity index (χ4n) is 2.93. The summed E-state index contributed by atoms with van der Waals surface area (Å²) in [5, 5.41) is 7.91. The van der Waals surface area contributed by atoms with Gasteiger partial charge in [-0.1, -0.05) is 0 Å². The summed E-state index contributed by atoms with van der Waals surface area (Å²) in [6.07, 6.45) is 6.77. The summed E-state index contributed by atoms with van der Waals surface area (Å²) in [6.45, 7) is 7.65. The van der Waals surface area contributed by atoms with E-state index in [1.807, 2.05) is 23.3 Å². The molecule has 1 saturated heterocycles. The molecule has 0 amide bonds. The number of hydrogen-bond donors (Lipinski definition) is 1. The van der Waals surface area contributed by atoms with Crippen LogP contribution >= 0.6 is 0 Å². The highest BCUT2D eigenvalue weighted by molar-refractivity contribution is 5.05. The Morgan fingerprint density at radius 1 is 1.33 bits per heavy atom. The fourth-order valence-corrected chi connectivity index (χ4v) is 2.93. The van der Waals surface area contributed by atoms with Crippen LogP contribution in [0.5, 0.6) is 0 Å². The summed E-state index contributed by atoms with van der Waals surface area (Å²) in [5.74, 6) is 1.02. The molecule has 0 bridgehead atoms. The highest BCUT2D eigenvalue weighted by Crippen LogP contribution is 2.28. The topological polar surface area (TPSA) is 56.9 Å². The molecule has 6 heteroatoms. The Bertz CT molecular complexity index is 576. The highest BCUT2D eigenvalue weighted by atomic mass is 16.5. The molecule has 1 N–H and O–H groups in total. The van der Waals surface area contributed by atoms with Crippen molar-refractivity contribution >= 4 is 0 Å². The second kappa shape index (κ2) is 6.41. The Balaban J connectivity index is 1.67. The van der Waals surface area contributed by atoms with Crippen molar-refractivity contribution in [3.8, 4) is 0 Å². The Hall–Kier alpha value is -1.66. The summed E-state index contributed by atoms with van der Waals surface area (Å²) in [5.41, 5.74) is 1.21. The van der Waals surface area contributed by atoms with E-state index in [1.165, 1.54) is 5.69 Å². The molecule has 0 aliphatic carbocycles. The first-order valence-electron chi connectivity index (χ1n) is 7.70. The average Bonchev–Trinajstić information content (AvgIpc) is 3.23. The van der Waals surface area contributed by atoms with E-state index in [9.17, 15) is 0 Å². The summed E-state index contributed by atoms with van der Waals surface area (Å²) in [6, 6.07) is 2.37. The second-order valence-electron chi connectivity index (χ2n) is 5.28. The van der Waals surface area contributed by atoms with E-state index in [0.29, 0.717) is 6.04 Å². The van der Waals surface area contributed by atoms with Gasteiger partial charge in [-0.25, -0.2) is 4.98 Å². The van der Waals surface area contributed by atoms with Crippen LogP contribution in [-0.4, -0.2) is 32.0 Å². The third-order valence-corrected chi connectivity index (χ3v) is 4.08. The van der Waals surface area contributed by atoms with Gasteiger partial charge in [-0.05, 0) is 26.3 Å². The SMILES string of the molecule is CCn1ccnc1[C@H]1OCC[C@@H]1NCc1ccnn1CC. The van der Waals surface area contributed by atoms with Gasteiger partial charge in [-0.15, -0.1) is 0 Å². The van der Waals surface area contributed by atoms with Gasteiger partial charge in [0.1, 0.15) is 11.9 Å². The average molecular weight is 289 g/mol. The van der Waals surface area contributed by atoms with E-state index >= 15 is 0 Å². The third kappa shape index (κ3) is 2.87. The van der Waals surface area contributed by atoms with Gasteiger partial charge in [-0.2, -0.15) is 5.10 Å². The number of nitrogens with zero attached hydrogens (tertiary/aromatic N) is 4. The van der Waals surface area contributed by atoms with Crippen LogP contribution in [0.3, 0.4) is 0 Å². The molecule has 3 heterocycles. The van der Waals surface area contributed by atoms with Gasteiger partial charge in [0.05, 0.1) is 5.69 Å². The van der Waals surface area contributed by atoms with Crippen LogP contribution < -0.4 is 5.32 Å². The quantitative estimate of drug-likeness (QED) is 0.880. The Morgan fingerprint density at radius 3 is 3.05 bits per heavy atom. The van der Waals surface area contributed by atoms with E-state index in [4.69, 9.17) is 4.74 Å². The van der Waals surface area contributed by atoms with Gasteiger partial charge in [0.2, 0.25) is 0 Å². The van der Waals surface area contributed by atoms with Crippen LogP contribution in [-0.2, 0) is 24.4 Å². The summed E-state index contributed by atoms with van der Waals surface area (Å²) in [4.78, 5) is 4.48. The van der Waals surface area contributed by atoms with Gasteiger partial charge < -0.3 is 14.6 Å². The molecule has 1 aliphatic rings. The van der Waals surface area contributed by atoms with Crippen molar-refractivity contribution in [2.75, 3.05) is 6.61 Å². The zero-order valence-electron chi connectivity index (χ0n) is 12.7. The minimum absolute atomic E-state index is 0.0398. The van der Waals surface area contributed by atoms with Crippen molar-refractivity contribution in [3.05, 3.63) is 36.2 Å². The predicted molar refractivity (Wildman–Crippen MR) is 79.7 cm³/mol. The molecule has 2 aromatic heterocycles. The monoisotopic (exact) mass is 289 g/mol. The Labute approximate surface area is 125 Å². The molecule has 2 atom stereocenters. The van der Waals surface area contributed by atoms with Gasteiger partial charge in [-0.3, -0.25) is 4.68 Å². The molecular formula is C15H23N5O. The molecule has 0 saturated carbocycles. The Kier molecular flexibility index (Phi) is 4.36. The van der Waals surface area contributed by atoms with E-state index in [0.717, 1.165) is 38.5 Å². The number of hydrogen-bond acceptors (Lipinski definition) is 4. The van der Waals surface area contributed by atoms with Crippen LogP contribution in [0.4, 0.5) is 0 Å². The van der Waals surface area contributed by atoms with Crippen molar-refractivity contribution in [1.29, 1.82) is 0 Å². The molecule has 21 heavy (non-hydrogen) atoms. The fraction of sp³-hybridized carbons (Fsp3) is 0.600. The van der Waals surface area contributed by atoms with Crippen molar-refractivity contribution in [1.82, 2.24) is 24.6 Å². The molecule has 114 valence electrons. The maximum Gasteiger partial charge on any atom is 0.139 e. The molecule has 0 spiro atoms. The standard InChI is InChI=1S/C15H23N5O/c1-3-19-9-8-16-15(19)14-13(6-10-21-14)17-11-12-5-7-18-20(12)4-2/h5,7-9,13-14,17H,3-4,6,10-11H2,1-2H3/t13-,14-/m0/s1. The third-order valence-electron chi connectivity index (χ3n) is 4.08. The zero-order valence-corrected chi connectivity index (χ0v) is 12.7. The van der Waals surface area contributed by atoms with Crippen molar-refractivity contribution in [3.63, 3.8) is 0 Å². The maximum absolute atomic E-state index is 5.91. The largest absolute Gasteiger partial charge is 0.369 e. The summed E-state index contributed by atoms with van der Waals surface area (Å²) < 4.78 is 10.1. The maximum atomic E-state index is 5.91. The minimum atomic E-state index is 0.0398. The molecule has 0 aromatic carbocycles. The van der Waals surface area contributed by atoms with Gasteiger partial charge in [0.15, 0.2) is 0 Å². The number of rotatable bonds is 6. The number of imidazole rings is 1. The molecule has 3 rings (SSSR count). The number of aromatic nitrogens is 4. The predicted octanol–water partition coefficient (Wildman–Crippen LogP) is 1.74. The van der Waals surface area contributed by atoms with E-state index in [2.05, 4.69) is 39.9 Å². The van der Waals surface area contributed by atoms with Gasteiger partial charge >= 0.3 is 0 Å². The number of nitrogens with one attached hydrogen (secondary N) is 1. The summed E-state index contributed by atoms with van der Waals surface area (Å²) >= 11 is 0. The first kappa shape index (κ1) is 14.3. The molecule has 1 aliphatic heterocycles.